The summed E-state index contributed by atoms with van der Waals surface area (Å²) in [7, 11) is 0. The average molecular weight is 769 g/mol. The summed E-state index contributed by atoms with van der Waals surface area (Å²) in [6.45, 7) is 11.7. The van der Waals surface area contributed by atoms with Crippen molar-refractivity contribution in [3.63, 3.8) is 0 Å². The van der Waals surface area contributed by atoms with Gasteiger partial charge >= 0.3 is 136 Å². The molecule has 0 aliphatic carbocycles. The van der Waals surface area contributed by atoms with Crippen molar-refractivity contribution in [2.45, 2.75) is 0 Å². The van der Waals surface area contributed by atoms with Crippen molar-refractivity contribution in [3.05, 3.63) is 66.0 Å². The quantitative estimate of drug-likeness (QED) is 0.413. The third-order valence-corrected chi connectivity index (χ3v) is 4.58. The molecule has 0 radical (unpaired) electrons. The molecule has 0 bridgehead atoms. The van der Waals surface area contributed by atoms with Crippen LogP contribution in [0.1, 0.15) is 22.5 Å². The summed E-state index contributed by atoms with van der Waals surface area (Å²) in [5, 5.41) is 0. The monoisotopic (exact) mass is 769 g/mol. The average Bonchev–Trinajstić information content (AvgIpc) is 2.80. The van der Waals surface area contributed by atoms with Crippen molar-refractivity contribution in [2.24, 2.45) is 0 Å². The van der Waals surface area contributed by atoms with E-state index >= 15 is 0 Å². The van der Waals surface area contributed by atoms with Crippen LogP contribution in [0, 0.1) is 13.2 Å². The molecule has 1 aromatic heterocycles. The molecule has 0 saturated carbocycles. The summed E-state index contributed by atoms with van der Waals surface area (Å²) >= 11 is 2.79. The second kappa shape index (κ2) is 8.28. The molecule has 4 heteroatoms. The van der Waals surface area contributed by atoms with Gasteiger partial charge in [-0.05, 0) is 0 Å². The number of nitrogens with zero attached hydrogens (tertiary/aromatic N) is 1. The van der Waals surface area contributed by atoms with Gasteiger partial charge in [0.25, 0.3) is 0 Å². The van der Waals surface area contributed by atoms with Crippen LogP contribution in [0.15, 0.2) is 30.3 Å². The molecule has 1 aromatic carbocycles. The summed E-state index contributed by atoms with van der Waals surface area (Å²) < 4.78 is 6.41. The second-order valence-corrected chi connectivity index (χ2v) is 5.53. The number of benzene rings is 1. The first kappa shape index (κ1) is 17.8. The fraction of sp³-hybridized carbons (Fsp3) is 0. The zero-order valence-corrected chi connectivity index (χ0v) is 19.3. The molecule has 0 atom stereocenters. The van der Waals surface area contributed by atoms with E-state index in [1.807, 2.05) is 18.2 Å². The maximum absolute atomic E-state index is 5.84. The Balaban J connectivity index is 0.00000200. The first-order valence-corrected chi connectivity index (χ1v) is 9.01. The van der Waals surface area contributed by atoms with Crippen LogP contribution in [-0.2, 0) is 59.8 Å². The molecule has 0 fully saturated rings. The van der Waals surface area contributed by atoms with Crippen molar-refractivity contribution >= 4 is 21.0 Å². The number of para-hydroxylation sites is 1. The van der Waals surface area contributed by atoms with E-state index in [1.54, 1.807) is 12.2 Å². The molecule has 0 N–H and O–H groups in total. The largest absolute Gasteiger partial charge is 0 e. The predicted octanol–water partition coefficient (Wildman–Crippen LogP) is 2.76. The van der Waals surface area contributed by atoms with E-state index in [2.05, 4.69) is 25.5 Å². The molecule has 2 aromatic rings. The maximum Gasteiger partial charge on any atom is 0 e. The molecule has 0 aliphatic rings. The number of hydrogen-bond acceptors (Lipinski definition) is 0. The van der Waals surface area contributed by atoms with Crippen molar-refractivity contribution in [1.82, 2.24) is 4.57 Å². The molecule has 100 valence electrons. The van der Waals surface area contributed by atoms with Crippen molar-refractivity contribution in [3.8, 4) is 5.69 Å². The van der Waals surface area contributed by atoms with E-state index in [9.17, 15) is 0 Å². The van der Waals surface area contributed by atoms with Crippen molar-refractivity contribution in [1.29, 1.82) is 0 Å². The minimum Gasteiger partial charge on any atom is 0 e. The number of rotatable bonds is 5. The van der Waals surface area contributed by atoms with Crippen LogP contribution in [-0.4, -0.2) is 13.4 Å². The summed E-state index contributed by atoms with van der Waals surface area (Å²) in [4.78, 5) is 0. The van der Waals surface area contributed by atoms with Crippen molar-refractivity contribution in [2.75, 3.05) is 0 Å². The van der Waals surface area contributed by atoms with Gasteiger partial charge in [-0.25, -0.2) is 0 Å². The van der Waals surface area contributed by atoms with Crippen LogP contribution in [0.4, 0.5) is 0 Å². The molecule has 1 nitrogen and oxygen atoms in total. The third-order valence-electron chi connectivity index (χ3n) is 2.89. The van der Waals surface area contributed by atoms with Crippen LogP contribution in [0.5, 0.6) is 0 Å². The molecule has 0 unspecified atom stereocenters. The maximum atomic E-state index is 5.84. The van der Waals surface area contributed by atoms with Gasteiger partial charge in [0, 0.05) is 21.1 Å². The molecule has 0 amide bonds. The van der Waals surface area contributed by atoms with E-state index < -0.39 is 0 Å². The van der Waals surface area contributed by atoms with E-state index in [0.717, 1.165) is 28.2 Å². The molecule has 20 heavy (non-hydrogen) atoms. The first-order valence-electron chi connectivity index (χ1n) is 5.62. The molecule has 0 saturated heterocycles. The zero-order chi connectivity index (χ0) is 13.8. The second-order valence-electron chi connectivity index (χ2n) is 3.84. The van der Waals surface area contributed by atoms with Gasteiger partial charge in [0.05, 0.1) is 0 Å². The third kappa shape index (κ3) is 3.17. The molecule has 0 aliphatic heterocycles. The smallest absolute Gasteiger partial charge is 0 e. The molecule has 2 rings (SSSR count). The number of aromatic nitrogens is 1. The predicted molar refractivity (Wildman–Crippen MR) is 73.6 cm³/mol. The first-order chi connectivity index (χ1) is 9.28. The topological polar surface area (TPSA) is 4.93 Å². The van der Waals surface area contributed by atoms with E-state index in [4.69, 9.17) is 13.2 Å². The van der Waals surface area contributed by atoms with Gasteiger partial charge in [-0.3, -0.25) is 0 Å². The minimum atomic E-state index is 0. The van der Waals surface area contributed by atoms with E-state index in [1.165, 1.54) is 38.7 Å². The van der Waals surface area contributed by atoms with Crippen LogP contribution in [0.3, 0.4) is 0 Å². The normalized spacial score (nSPS) is 9.40. The zero-order valence-electron chi connectivity index (χ0n) is 10.5. The van der Waals surface area contributed by atoms with Crippen LogP contribution in [0.2, 0.25) is 0 Å². The summed E-state index contributed by atoms with van der Waals surface area (Å²) in [6.07, 6.45) is 3.30. The van der Waals surface area contributed by atoms with Crippen molar-refractivity contribution < 1.29 is 59.8 Å². The van der Waals surface area contributed by atoms with E-state index in [0.29, 0.717) is 0 Å². The van der Waals surface area contributed by atoms with Gasteiger partial charge in [-0.1, -0.05) is 0 Å². The summed E-state index contributed by atoms with van der Waals surface area (Å²) in [5.74, 6) is 0. The summed E-state index contributed by atoms with van der Waals surface area (Å²) in [6, 6.07) is 10.1. The SMILES string of the molecule is [CH-]=Cc1c([CH]=[W])c([CH]=[W])c(C=[CH-])n1-c1ccccc1.[W]. The number of hydrogen-bond donors (Lipinski definition) is 0. The van der Waals surface area contributed by atoms with Crippen LogP contribution >= 0.6 is 0 Å². The molecule has 0 spiro atoms. The van der Waals surface area contributed by atoms with Gasteiger partial charge in [0.15, 0.2) is 0 Å². The minimum absolute atomic E-state index is 0. The Morgan fingerprint density at radius 2 is 1.30 bits per heavy atom. The Morgan fingerprint density at radius 1 is 0.850 bits per heavy atom. The molecular weight excluding hydrogens is 758 g/mol. The van der Waals surface area contributed by atoms with Gasteiger partial charge in [-0.2, -0.15) is 0 Å². The Hall–Kier alpha value is -0.215. The van der Waals surface area contributed by atoms with Gasteiger partial charge in [0.2, 0.25) is 0 Å². The standard InChI is InChI=1S/C16H11N.3W/c1-5-15-12(3)13(4)16(6-2)17(15)14-10-8-7-9-11-14;;;/h1-11H;;;/q-2;;;. The molecular formula is C16H11NW3-2. The Morgan fingerprint density at radius 3 is 1.65 bits per heavy atom. The van der Waals surface area contributed by atoms with Gasteiger partial charge < -0.3 is 0 Å². The van der Waals surface area contributed by atoms with Crippen LogP contribution in [0.25, 0.3) is 17.8 Å². The Bertz CT molecular complexity index is 617. The van der Waals surface area contributed by atoms with Gasteiger partial charge in [-0.15, -0.1) is 0 Å². The molecule has 1 heterocycles. The van der Waals surface area contributed by atoms with Crippen LogP contribution < -0.4 is 0 Å². The van der Waals surface area contributed by atoms with Gasteiger partial charge in [0.1, 0.15) is 0 Å². The summed E-state index contributed by atoms with van der Waals surface area (Å²) in [5.41, 5.74) is 5.37. The Kier molecular flexibility index (Phi) is 7.39. The van der Waals surface area contributed by atoms with E-state index in [-0.39, 0.29) is 21.1 Å². The fourth-order valence-corrected chi connectivity index (χ4v) is 3.86. The fourth-order valence-electron chi connectivity index (χ4n) is 2.08. The Labute approximate surface area is 155 Å².